The zero-order valence-electron chi connectivity index (χ0n) is 12.6. The molecule has 5 heteroatoms. The molecule has 1 aromatic rings. The first kappa shape index (κ1) is 16.9. The van der Waals surface area contributed by atoms with Crippen LogP contribution in [0.1, 0.15) is 26.3 Å². The van der Waals surface area contributed by atoms with Crippen molar-refractivity contribution in [1.29, 1.82) is 0 Å². The number of nitrogens with two attached hydrogens (primary N) is 2. The lowest BCUT2D eigenvalue weighted by Crippen LogP contribution is -2.37. The van der Waals surface area contributed by atoms with E-state index in [1.54, 1.807) is 11.8 Å². The topological polar surface area (TPSA) is 72.3 Å². The van der Waals surface area contributed by atoms with Crippen LogP contribution in [0.15, 0.2) is 23.1 Å². The first-order valence-corrected chi connectivity index (χ1v) is 7.96. The SMILES string of the molecule is CCSc1cccc(N(CC(N)=O)CC(C)C)c1CN. The van der Waals surface area contributed by atoms with E-state index in [0.717, 1.165) is 23.5 Å². The summed E-state index contributed by atoms with van der Waals surface area (Å²) >= 11 is 1.77. The summed E-state index contributed by atoms with van der Waals surface area (Å²) in [6.07, 6.45) is 0. The maximum Gasteiger partial charge on any atom is 0.236 e. The van der Waals surface area contributed by atoms with Gasteiger partial charge in [-0.3, -0.25) is 4.79 Å². The molecule has 112 valence electrons. The molecule has 1 aromatic carbocycles. The summed E-state index contributed by atoms with van der Waals surface area (Å²) in [5, 5.41) is 0. The molecule has 0 aliphatic rings. The molecule has 0 radical (unpaired) electrons. The predicted molar refractivity (Wildman–Crippen MR) is 87.0 cm³/mol. The first-order valence-electron chi connectivity index (χ1n) is 6.97. The van der Waals surface area contributed by atoms with Crippen molar-refractivity contribution in [2.24, 2.45) is 17.4 Å². The molecule has 0 aromatic heterocycles. The Bertz CT molecular complexity index is 449. The van der Waals surface area contributed by atoms with Crippen molar-refractivity contribution in [3.8, 4) is 0 Å². The van der Waals surface area contributed by atoms with E-state index in [-0.39, 0.29) is 12.5 Å². The number of hydrogen-bond acceptors (Lipinski definition) is 4. The molecule has 0 unspecified atom stereocenters. The van der Waals surface area contributed by atoms with Crippen LogP contribution < -0.4 is 16.4 Å². The van der Waals surface area contributed by atoms with Gasteiger partial charge < -0.3 is 16.4 Å². The monoisotopic (exact) mass is 295 g/mol. The van der Waals surface area contributed by atoms with E-state index >= 15 is 0 Å². The van der Waals surface area contributed by atoms with Crippen LogP contribution in [0.5, 0.6) is 0 Å². The van der Waals surface area contributed by atoms with E-state index in [2.05, 4.69) is 26.8 Å². The molecule has 20 heavy (non-hydrogen) atoms. The minimum Gasteiger partial charge on any atom is -0.368 e. The third-order valence-electron chi connectivity index (χ3n) is 2.89. The Balaban J connectivity index is 3.16. The van der Waals surface area contributed by atoms with Gasteiger partial charge in [-0.05, 0) is 23.8 Å². The van der Waals surface area contributed by atoms with Crippen LogP contribution in [0.2, 0.25) is 0 Å². The molecule has 0 aliphatic heterocycles. The smallest absolute Gasteiger partial charge is 0.236 e. The number of hydrogen-bond donors (Lipinski definition) is 2. The van der Waals surface area contributed by atoms with Gasteiger partial charge in [0.25, 0.3) is 0 Å². The summed E-state index contributed by atoms with van der Waals surface area (Å²) in [7, 11) is 0. The van der Waals surface area contributed by atoms with Gasteiger partial charge in [0.05, 0.1) is 6.54 Å². The van der Waals surface area contributed by atoms with Crippen LogP contribution in [0, 0.1) is 5.92 Å². The van der Waals surface area contributed by atoms with Gasteiger partial charge in [-0.15, -0.1) is 11.8 Å². The van der Waals surface area contributed by atoms with Gasteiger partial charge in [0.2, 0.25) is 5.91 Å². The van der Waals surface area contributed by atoms with Gasteiger partial charge in [0.1, 0.15) is 0 Å². The van der Waals surface area contributed by atoms with Gasteiger partial charge >= 0.3 is 0 Å². The maximum absolute atomic E-state index is 11.3. The quantitative estimate of drug-likeness (QED) is 0.721. The fourth-order valence-electron chi connectivity index (χ4n) is 2.22. The lowest BCUT2D eigenvalue weighted by molar-refractivity contribution is -0.116. The summed E-state index contributed by atoms with van der Waals surface area (Å²) in [6, 6.07) is 6.12. The minimum absolute atomic E-state index is 0.228. The summed E-state index contributed by atoms with van der Waals surface area (Å²) in [5.41, 5.74) is 13.4. The standard InChI is InChI=1S/C15H25N3OS/c1-4-20-14-7-5-6-13(12(14)8-16)18(9-11(2)3)10-15(17)19/h5-7,11H,4,8-10,16H2,1-3H3,(H2,17,19). The molecule has 4 nitrogen and oxygen atoms in total. The highest BCUT2D eigenvalue weighted by atomic mass is 32.2. The zero-order valence-corrected chi connectivity index (χ0v) is 13.4. The summed E-state index contributed by atoms with van der Waals surface area (Å²) in [4.78, 5) is 14.5. The highest BCUT2D eigenvalue weighted by Gasteiger charge is 2.16. The number of rotatable bonds is 8. The highest BCUT2D eigenvalue weighted by molar-refractivity contribution is 7.99. The van der Waals surface area contributed by atoms with E-state index < -0.39 is 0 Å². The van der Waals surface area contributed by atoms with E-state index in [4.69, 9.17) is 11.5 Å². The second kappa shape index (κ2) is 8.17. The number of anilines is 1. The van der Waals surface area contributed by atoms with E-state index in [1.165, 1.54) is 4.90 Å². The zero-order chi connectivity index (χ0) is 15.1. The van der Waals surface area contributed by atoms with Crippen molar-refractivity contribution in [1.82, 2.24) is 0 Å². The molecule has 0 atom stereocenters. The van der Waals surface area contributed by atoms with Gasteiger partial charge in [0.15, 0.2) is 0 Å². The Morgan fingerprint density at radius 2 is 2.10 bits per heavy atom. The molecule has 1 amide bonds. The number of nitrogens with zero attached hydrogens (tertiary/aromatic N) is 1. The van der Waals surface area contributed by atoms with E-state index in [9.17, 15) is 4.79 Å². The van der Waals surface area contributed by atoms with Crippen LogP contribution in [0.25, 0.3) is 0 Å². The van der Waals surface area contributed by atoms with Crippen LogP contribution >= 0.6 is 11.8 Å². The Labute approximate surface area is 125 Å². The van der Waals surface area contributed by atoms with Crippen LogP contribution in [0.3, 0.4) is 0 Å². The van der Waals surface area contributed by atoms with Crippen LogP contribution in [-0.2, 0) is 11.3 Å². The third-order valence-corrected chi connectivity index (χ3v) is 3.87. The van der Waals surface area contributed by atoms with Crippen molar-refractivity contribution < 1.29 is 4.79 Å². The average Bonchev–Trinajstić information content (AvgIpc) is 2.37. The Morgan fingerprint density at radius 1 is 1.40 bits per heavy atom. The van der Waals surface area contributed by atoms with Gasteiger partial charge in [-0.2, -0.15) is 0 Å². The number of carbonyl (C=O) groups is 1. The van der Waals surface area contributed by atoms with E-state index in [1.807, 2.05) is 17.0 Å². The second-order valence-electron chi connectivity index (χ2n) is 5.13. The molecule has 0 saturated carbocycles. The summed E-state index contributed by atoms with van der Waals surface area (Å²) < 4.78 is 0. The van der Waals surface area contributed by atoms with Crippen LogP contribution in [-0.4, -0.2) is 24.7 Å². The minimum atomic E-state index is -0.317. The number of amides is 1. The molecule has 0 heterocycles. The third kappa shape index (κ3) is 4.72. The lowest BCUT2D eigenvalue weighted by atomic mass is 10.1. The molecule has 4 N–H and O–H groups in total. The van der Waals surface area contributed by atoms with Crippen molar-refractivity contribution in [2.75, 3.05) is 23.7 Å². The Hall–Kier alpha value is -1.20. The van der Waals surface area contributed by atoms with Gasteiger partial charge in [0, 0.05) is 29.2 Å². The Kier molecular flexibility index (Phi) is 6.88. The molecule has 0 fully saturated rings. The summed E-state index contributed by atoms with van der Waals surface area (Å²) in [6.45, 7) is 7.85. The summed E-state index contributed by atoms with van der Waals surface area (Å²) in [5.74, 6) is 1.13. The molecule has 1 rings (SSSR count). The van der Waals surface area contributed by atoms with Crippen molar-refractivity contribution >= 4 is 23.4 Å². The fraction of sp³-hybridized carbons (Fsp3) is 0.533. The second-order valence-corrected chi connectivity index (χ2v) is 6.44. The van der Waals surface area contributed by atoms with E-state index in [0.29, 0.717) is 12.5 Å². The number of carbonyl (C=O) groups excluding carboxylic acids is 1. The first-order chi connectivity index (χ1) is 9.49. The number of thioether (sulfide) groups is 1. The maximum atomic E-state index is 11.3. The number of benzene rings is 1. The predicted octanol–water partition coefficient (Wildman–Crippen LogP) is 2.21. The molecule has 0 bridgehead atoms. The van der Waals surface area contributed by atoms with Crippen LogP contribution in [0.4, 0.5) is 5.69 Å². The van der Waals surface area contributed by atoms with Crippen molar-refractivity contribution in [3.63, 3.8) is 0 Å². The van der Waals surface area contributed by atoms with Crippen molar-refractivity contribution in [3.05, 3.63) is 23.8 Å². The fourth-order valence-corrected chi connectivity index (χ4v) is 3.07. The molecular weight excluding hydrogens is 270 g/mol. The van der Waals surface area contributed by atoms with Crippen molar-refractivity contribution in [2.45, 2.75) is 32.2 Å². The average molecular weight is 295 g/mol. The van der Waals surface area contributed by atoms with Gasteiger partial charge in [-0.25, -0.2) is 0 Å². The molecule has 0 saturated heterocycles. The molecular formula is C15H25N3OS. The van der Waals surface area contributed by atoms with Gasteiger partial charge in [-0.1, -0.05) is 26.8 Å². The number of primary amides is 1. The molecule has 0 spiro atoms. The largest absolute Gasteiger partial charge is 0.368 e. The Morgan fingerprint density at radius 3 is 2.60 bits per heavy atom. The normalized spacial score (nSPS) is 10.8. The highest BCUT2D eigenvalue weighted by Crippen LogP contribution is 2.30. The molecule has 0 aliphatic carbocycles. The lowest BCUT2D eigenvalue weighted by Gasteiger charge is -2.28.